The predicted octanol–water partition coefficient (Wildman–Crippen LogP) is 2.09. The largest absolute Gasteiger partial charge is 0.468 e. The van der Waals surface area contributed by atoms with E-state index in [0.29, 0.717) is 0 Å². The summed E-state index contributed by atoms with van der Waals surface area (Å²) < 4.78 is 5.46. The van der Waals surface area contributed by atoms with Gasteiger partial charge in [0.25, 0.3) is 0 Å². The van der Waals surface area contributed by atoms with E-state index in [-0.39, 0.29) is 0 Å². The SMILES string of the molecule is CNCc1occc1CN(C)CC1CC1C. The highest BCUT2D eigenvalue weighted by Gasteiger charge is 2.33. The van der Waals surface area contributed by atoms with E-state index in [1.54, 1.807) is 6.26 Å². The van der Waals surface area contributed by atoms with Crippen molar-refractivity contribution in [3.05, 3.63) is 23.7 Å². The molecule has 1 saturated carbocycles. The van der Waals surface area contributed by atoms with Crippen LogP contribution in [-0.2, 0) is 13.1 Å². The minimum Gasteiger partial charge on any atom is -0.468 e. The zero-order valence-corrected chi connectivity index (χ0v) is 10.5. The first-order valence-corrected chi connectivity index (χ1v) is 6.09. The molecule has 1 heterocycles. The van der Waals surface area contributed by atoms with Crippen molar-refractivity contribution in [2.75, 3.05) is 20.6 Å². The molecule has 1 N–H and O–H groups in total. The summed E-state index contributed by atoms with van der Waals surface area (Å²) in [6.45, 7) is 5.36. The first kappa shape index (κ1) is 11.7. The lowest BCUT2D eigenvalue weighted by atomic mass is 10.2. The van der Waals surface area contributed by atoms with Gasteiger partial charge in [-0.1, -0.05) is 6.92 Å². The molecular formula is C13H22N2O. The lowest BCUT2D eigenvalue weighted by molar-refractivity contribution is 0.304. The van der Waals surface area contributed by atoms with Crippen molar-refractivity contribution in [2.45, 2.75) is 26.4 Å². The van der Waals surface area contributed by atoms with Gasteiger partial charge in [-0.05, 0) is 38.4 Å². The fourth-order valence-corrected chi connectivity index (χ4v) is 2.23. The fraction of sp³-hybridized carbons (Fsp3) is 0.692. The third-order valence-electron chi connectivity index (χ3n) is 3.44. The summed E-state index contributed by atoms with van der Waals surface area (Å²) in [7, 11) is 4.14. The van der Waals surface area contributed by atoms with Crippen LogP contribution in [0, 0.1) is 11.8 Å². The highest BCUT2D eigenvalue weighted by atomic mass is 16.3. The summed E-state index contributed by atoms with van der Waals surface area (Å²) in [5, 5.41) is 3.13. The summed E-state index contributed by atoms with van der Waals surface area (Å²) in [5.41, 5.74) is 1.31. The van der Waals surface area contributed by atoms with Crippen LogP contribution in [0.25, 0.3) is 0 Å². The minimum atomic E-state index is 0.815. The molecule has 2 atom stereocenters. The van der Waals surface area contributed by atoms with E-state index < -0.39 is 0 Å². The lowest BCUT2D eigenvalue weighted by Crippen LogP contribution is -2.21. The third-order valence-corrected chi connectivity index (χ3v) is 3.44. The number of hydrogen-bond acceptors (Lipinski definition) is 3. The van der Waals surface area contributed by atoms with E-state index in [0.717, 1.165) is 30.7 Å². The van der Waals surface area contributed by atoms with Gasteiger partial charge < -0.3 is 14.6 Å². The molecule has 0 saturated heterocycles. The molecule has 1 aromatic rings. The van der Waals surface area contributed by atoms with Crippen molar-refractivity contribution < 1.29 is 4.42 Å². The fourth-order valence-electron chi connectivity index (χ4n) is 2.23. The van der Waals surface area contributed by atoms with Crippen LogP contribution in [0.4, 0.5) is 0 Å². The Hall–Kier alpha value is -0.800. The van der Waals surface area contributed by atoms with Crippen molar-refractivity contribution in [1.29, 1.82) is 0 Å². The predicted molar refractivity (Wildman–Crippen MR) is 65.1 cm³/mol. The van der Waals surface area contributed by atoms with Gasteiger partial charge in [0.2, 0.25) is 0 Å². The Balaban J connectivity index is 1.84. The van der Waals surface area contributed by atoms with E-state index in [2.05, 4.69) is 30.3 Å². The van der Waals surface area contributed by atoms with Crippen LogP contribution in [0.1, 0.15) is 24.7 Å². The van der Waals surface area contributed by atoms with Crippen molar-refractivity contribution in [1.82, 2.24) is 10.2 Å². The van der Waals surface area contributed by atoms with Crippen molar-refractivity contribution in [3.63, 3.8) is 0 Å². The van der Waals surface area contributed by atoms with E-state index in [4.69, 9.17) is 4.42 Å². The highest BCUT2D eigenvalue weighted by molar-refractivity contribution is 5.16. The monoisotopic (exact) mass is 222 g/mol. The van der Waals surface area contributed by atoms with Gasteiger partial charge in [-0.2, -0.15) is 0 Å². The van der Waals surface area contributed by atoms with Crippen LogP contribution in [0.2, 0.25) is 0 Å². The van der Waals surface area contributed by atoms with Crippen molar-refractivity contribution in [2.24, 2.45) is 11.8 Å². The highest BCUT2D eigenvalue weighted by Crippen LogP contribution is 2.38. The molecule has 0 aliphatic heterocycles. The average Bonchev–Trinajstić information content (AvgIpc) is 2.74. The molecule has 0 bridgehead atoms. The van der Waals surface area contributed by atoms with Gasteiger partial charge in [0.15, 0.2) is 0 Å². The number of nitrogens with one attached hydrogen (secondary N) is 1. The molecule has 2 rings (SSSR count). The molecule has 1 aliphatic rings. The second kappa shape index (κ2) is 5.02. The Labute approximate surface area is 97.8 Å². The molecule has 1 fully saturated rings. The smallest absolute Gasteiger partial charge is 0.122 e. The van der Waals surface area contributed by atoms with Gasteiger partial charge in [-0.15, -0.1) is 0 Å². The molecule has 1 aliphatic carbocycles. The maximum Gasteiger partial charge on any atom is 0.122 e. The van der Waals surface area contributed by atoms with Crippen molar-refractivity contribution >= 4 is 0 Å². The minimum absolute atomic E-state index is 0.815. The Kier molecular flexibility index (Phi) is 3.66. The van der Waals surface area contributed by atoms with E-state index >= 15 is 0 Å². The van der Waals surface area contributed by atoms with Crippen LogP contribution in [0.5, 0.6) is 0 Å². The number of furan rings is 1. The molecule has 2 unspecified atom stereocenters. The van der Waals surface area contributed by atoms with Crippen LogP contribution in [0.15, 0.2) is 16.7 Å². The quantitative estimate of drug-likeness (QED) is 0.799. The van der Waals surface area contributed by atoms with Gasteiger partial charge in [0.1, 0.15) is 5.76 Å². The molecule has 1 aromatic heterocycles. The van der Waals surface area contributed by atoms with Crippen LogP contribution in [0.3, 0.4) is 0 Å². The van der Waals surface area contributed by atoms with E-state index in [1.165, 1.54) is 18.5 Å². The maximum absolute atomic E-state index is 5.46. The average molecular weight is 222 g/mol. The molecule has 0 amide bonds. The standard InChI is InChI=1S/C13H22N2O/c1-10-6-12(10)9-15(3)8-11-4-5-16-13(11)7-14-2/h4-5,10,12,14H,6-9H2,1-3H3. The molecule has 0 aromatic carbocycles. The van der Waals surface area contributed by atoms with Crippen molar-refractivity contribution in [3.8, 4) is 0 Å². The maximum atomic E-state index is 5.46. The molecule has 3 nitrogen and oxygen atoms in total. The van der Waals surface area contributed by atoms with Gasteiger partial charge in [-0.25, -0.2) is 0 Å². The molecule has 3 heteroatoms. The van der Waals surface area contributed by atoms with Gasteiger partial charge >= 0.3 is 0 Å². The number of nitrogens with zero attached hydrogens (tertiary/aromatic N) is 1. The Bertz CT molecular complexity index is 334. The van der Waals surface area contributed by atoms with E-state index in [9.17, 15) is 0 Å². The van der Waals surface area contributed by atoms with Gasteiger partial charge in [-0.3, -0.25) is 0 Å². The van der Waals surface area contributed by atoms with Gasteiger partial charge in [0.05, 0.1) is 12.8 Å². The molecular weight excluding hydrogens is 200 g/mol. The first-order valence-electron chi connectivity index (χ1n) is 6.09. The summed E-state index contributed by atoms with van der Waals surface area (Å²) in [4.78, 5) is 2.40. The zero-order chi connectivity index (χ0) is 11.5. The topological polar surface area (TPSA) is 28.4 Å². The molecule has 0 spiro atoms. The second-order valence-electron chi connectivity index (χ2n) is 5.07. The molecule has 16 heavy (non-hydrogen) atoms. The lowest BCUT2D eigenvalue weighted by Gasteiger charge is -2.16. The third kappa shape index (κ3) is 2.86. The number of rotatable bonds is 6. The zero-order valence-electron chi connectivity index (χ0n) is 10.5. The van der Waals surface area contributed by atoms with Crippen LogP contribution < -0.4 is 5.32 Å². The van der Waals surface area contributed by atoms with Crippen LogP contribution in [-0.4, -0.2) is 25.5 Å². The number of hydrogen-bond donors (Lipinski definition) is 1. The summed E-state index contributed by atoms with van der Waals surface area (Å²) in [5.74, 6) is 2.92. The Morgan fingerprint density at radius 3 is 2.94 bits per heavy atom. The molecule has 0 radical (unpaired) electrons. The van der Waals surface area contributed by atoms with E-state index in [1.807, 2.05) is 7.05 Å². The normalized spacial score (nSPS) is 24.0. The Morgan fingerprint density at radius 1 is 1.56 bits per heavy atom. The Morgan fingerprint density at radius 2 is 2.31 bits per heavy atom. The first-order chi connectivity index (χ1) is 7.70. The van der Waals surface area contributed by atoms with Crippen LogP contribution >= 0.6 is 0 Å². The second-order valence-corrected chi connectivity index (χ2v) is 5.07. The molecule has 90 valence electrons. The van der Waals surface area contributed by atoms with Gasteiger partial charge in [0, 0.05) is 18.7 Å². The summed E-state index contributed by atoms with van der Waals surface area (Å²) in [6.07, 6.45) is 3.19. The summed E-state index contributed by atoms with van der Waals surface area (Å²) in [6, 6.07) is 2.08. The summed E-state index contributed by atoms with van der Waals surface area (Å²) >= 11 is 0.